The molecule has 0 aromatic carbocycles. The normalized spacial score (nSPS) is 26.0. The van der Waals surface area contributed by atoms with Crippen molar-refractivity contribution in [2.75, 3.05) is 13.7 Å². The van der Waals surface area contributed by atoms with Crippen LogP contribution in [0.3, 0.4) is 0 Å². The van der Waals surface area contributed by atoms with Gasteiger partial charge in [0.2, 0.25) is 0 Å². The van der Waals surface area contributed by atoms with Crippen LogP contribution < -0.4 is 20.7 Å². The van der Waals surface area contributed by atoms with Crippen molar-refractivity contribution >= 4 is 70.7 Å². The van der Waals surface area contributed by atoms with Gasteiger partial charge in [0.15, 0.2) is 5.78 Å². The third-order valence-corrected chi connectivity index (χ3v) is 10.6. The zero-order valence-corrected chi connectivity index (χ0v) is 31.8. The molecule has 5 heterocycles. The second-order valence-electron chi connectivity index (χ2n) is 13.6. The van der Waals surface area contributed by atoms with Crippen molar-refractivity contribution in [2.45, 2.75) is 79.8 Å². The number of ether oxygens (including phenoxy) is 2. The molecular weight excluding hydrogens is 641 g/mol. The quantitative estimate of drug-likeness (QED) is 0.154. The van der Waals surface area contributed by atoms with Gasteiger partial charge in [-0.3, -0.25) is 14.4 Å². The zero-order chi connectivity index (χ0) is 35.3. The molecule has 0 radical (unpaired) electrons. The van der Waals surface area contributed by atoms with Crippen molar-refractivity contribution in [3.63, 3.8) is 0 Å². The van der Waals surface area contributed by atoms with Gasteiger partial charge in [0.25, 0.3) is 0 Å². The van der Waals surface area contributed by atoms with E-state index >= 15 is 0 Å². The van der Waals surface area contributed by atoms with Gasteiger partial charge in [-0.25, -0.2) is 0 Å². The number of allylic oxidation sites excluding steroid dienone is 3. The Morgan fingerprint density at radius 2 is 1.78 bits per heavy atom. The molecule has 1 saturated heterocycles. The molecule has 1 unspecified atom stereocenters. The summed E-state index contributed by atoms with van der Waals surface area (Å²) in [6, 6.07) is -0.857. The summed E-state index contributed by atoms with van der Waals surface area (Å²) in [5.74, 6) is -2.80. The predicted molar refractivity (Wildman–Crippen MR) is 197 cm³/mol. The molecule has 2 aromatic heterocycles. The van der Waals surface area contributed by atoms with Crippen LogP contribution >= 0.6 is 0 Å². The summed E-state index contributed by atoms with van der Waals surface area (Å²) in [6.45, 7) is 18.4. The molecule has 258 valence electrons. The van der Waals surface area contributed by atoms with Crippen LogP contribution in [0.1, 0.15) is 92.3 Å². The maximum Gasteiger partial charge on any atom is 2.00 e. The molecule has 0 amide bonds. The van der Waals surface area contributed by atoms with E-state index in [1.54, 1.807) is 0 Å². The fraction of sp³-hybridized carbons (Fsp3) is 0.425. The Morgan fingerprint density at radius 1 is 1.04 bits per heavy atom. The van der Waals surface area contributed by atoms with Gasteiger partial charge in [0.05, 0.1) is 7.11 Å². The van der Waals surface area contributed by atoms with Crippen LogP contribution in [0.25, 0.3) is 40.5 Å². The number of ketones is 1. The monoisotopic (exact) mass is 684 g/mol. The molecule has 1 aliphatic carbocycles. The zero-order valence-electron chi connectivity index (χ0n) is 30.3. The van der Waals surface area contributed by atoms with Gasteiger partial charge in [-0.05, 0) is 70.9 Å². The molecule has 0 spiro atoms. The van der Waals surface area contributed by atoms with Crippen LogP contribution in [-0.2, 0) is 19.1 Å². The topological polar surface area (TPSA) is 126 Å². The van der Waals surface area contributed by atoms with Crippen LogP contribution in [0.2, 0.25) is 0 Å². The average molecular weight is 685 g/mol. The molecular formula is C40H44MgN4O5-2. The molecule has 8 bridgehead atoms. The summed E-state index contributed by atoms with van der Waals surface area (Å²) in [6.07, 6.45) is 11.1. The van der Waals surface area contributed by atoms with E-state index < -0.39 is 17.9 Å². The summed E-state index contributed by atoms with van der Waals surface area (Å²) in [5.41, 5.74) is 10.1. The minimum Gasteiger partial charge on any atom is -0.681 e. The molecule has 3 aliphatic heterocycles. The number of Topliss-reactive ketones (excluding diaryl/α,β-unsaturated/α-hetero) is 1. The number of fused-ring (bicyclic) bond motifs is 8. The minimum absolute atomic E-state index is 0. The maximum absolute atomic E-state index is 14.2. The third kappa shape index (κ3) is 6.36. The minimum atomic E-state index is -1.17. The first kappa shape index (κ1) is 37.2. The fourth-order valence-corrected chi connectivity index (χ4v) is 7.72. The smallest absolute Gasteiger partial charge is 0.681 e. The van der Waals surface area contributed by atoms with Crippen LogP contribution in [0.15, 0.2) is 40.8 Å². The summed E-state index contributed by atoms with van der Waals surface area (Å²) in [5, 5.41) is 11.5. The SMILES string of the molecule is C=Cc1c2[n-]c(c1C)/C=C1\[N-]C(C3=c4[n-]/c(c(C)c4C(=O)[C@@H]3C(=O)OC)=C\[C@H]3[N-]/C(=C\2)C(C)=C3CC)[C@@H](CCC(=O)OCC=C(C)C)[C@@H]1C.[Mg+2]. The van der Waals surface area contributed by atoms with Crippen LogP contribution in [-0.4, -0.2) is 66.6 Å². The molecule has 50 heavy (non-hydrogen) atoms. The third-order valence-electron chi connectivity index (χ3n) is 10.6. The summed E-state index contributed by atoms with van der Waals surface area (Å²) >= 11 is 0. The second-order valence-corrected chi connectivity index (χ2v) is 13.6. The van der Waals surface area contributed by atoms with Crippen molar-refractivity contribution in [1.82, 2.24) is 9.97 Å². The van der Waals surface area contributed by atoms with Gasteiger partial charge in [-0.15, -0.1) is 33.9 Å². The van der Waals surface area contributed by atoms with Crippen LogP contribution in [0.4, 0.5) is 0 Å². The van der Waals surface area contributed by atoms with Crippen molar-refractivity contribution in [2.24, 2.45) is 17.8 Å². The number of aromatic nitrogens is 2. The van der Waals surface area contributed by atoms with E-state index in [2.05, 4.69) is 27.4 Å². The van der Waals surface area contributed by atoms with Crippen molar-refractivity contribution in [3.8, 4) is 0 Å². The molecule has 6 rings (SSSR count). The standard InChI is InChI=1S/C40H44N4O5.Mg/c1-10-24-20(5)27-16-29-22(7)26(12-13-33(45)49-15-14-19(3)4)37(43-29)35-36(40(47)48-9)39(46)34-23(8)30(44-38(34)35)18-32-25(11-2)21(6)28(42-32)17-31(24)41-27;/h10,14,16-18,22,26,32,36-37H,1,11-13,15H2,2-9H3;/q-4;+2/b28-17-,29-16-,30-18-;/t22-,26-,32+,36+,37?;/m0./s1. The Labute approximate surface area is 310 Å². The molecule has 5 atom stereocenters. The number of hydrogen-bond acceptors (Lipinski definition) is 5. The predicted octanol–water partition coefficient (Wildman–Crippen LogP) is 5.57. The van der Waals surface area contributed by atoms with Crippen LogP contribution in [0.5, 0.6) is 0 Å². The Bertz CT molecular complexity index is 2020. The first-order valence-electron chi connectivity index (χ1n) is 17.0. The molecule has 4 aliphatic rings. The fourth-order valence-electron chi connectivity index (χ4n) is 7.72. The number of hydrogen-bond donors (Lipinski definition) is 0. The molecule has 0 N–H and O–H groups in total. The molecule has 2 aromatic rings. The van der Waals surface area contributed by atoms with Gasteiger partial charge in [0.1, 0.15) is 12.5 Å². The Morgan fingerprint density at radius 3 is 2.44 bits per heavy atom. The second kappa shape index (κ2) is 14.7. The number of carbonyl (C=O) groups is 3. The van der Waals surface area contributed by atoms with E-state index in [4.69, 9.17) is 30.1 Å². The van der Waals surface area contributed by atoms with E-state index in [1.807, 2.05) is 58.1 Å². The van der Waals surface area contributed by atoms with Gasteiger partial charge in [-0.1, -0.05) is 84.2 Å². The van der Waals surface area contributed by atoms with Crippen LogP contribution in [0, 0.1) is 31.6 Å². The van der Waals surface area contributed by atoms with E-state index in [0.29, 0.717) is 33.8 Å². The molecule has 0 saturated carbocycles. The first-order valence-corrected chi connectivity index (χ1v) is 17.0. The van der Waals surface area contributed by atoms with Gasteiger partial charge >= 0.3 is 35.0 Å². The largest absolute Gasteiger partial charge is 2.00 e. The van der Waals surface area contributed by atoms with Gasteiger partial charge < -0.3 is 30.1 Å². The number of nitrogens with zero attached hydrogens (tertiary/aromatic N) is 4. The summed E-state index contributed by atoms with van der Waals surface area (Å²) < 4.78 is 10.7. The number of rotatable bonds is 8. The molecule has 9 nitrogen and oxygen atoms in total. The number of carbonyl (C=O) groups excluding carboxylic acids is 3. The van der Waals surface area contributed by atoms with Gasteiger partial charge in [0, 0.05) is 12.0 Å². The van der Waals surface area contributed by atoms with E-state index in [9.17, 15) is 14.4 Å². The van der Waals surface area contributed by atoms with Crippen molar-refractivity contribution in [3.05, 3.63) is 95.7 Å². The van der Waals surface area contributed by atoms with Crippen molar-refractivity contribution in [1.29, 1.82) is 0 Å². The van der Waals surface area contributed by atoms with Crippen molar-refractivity contribution < 1.29 is 23.9 Å². The number of methoxy groups -OCH3 is 1. The Balaban J connectivity index is 0.00000486. The first-order chi connectivity index (χ1) is 23.4. The number of esters is 2. The Hall–Kier alpha value is -4.02. The molecule has 10 heteroatoms. The maximum atomic E-state index is 14.2. The van der Waals surface area contributed by atoms with E-state index in [-0.39, 0.29) is 65.7 Å². The Kier molecular flexibility index (Phi) is 10.9. The van der Waals surface area contributed by atoms with Gasteiger partial charge in [-0.2, -0.15) is 5.70 Å². The van der Waals surface area contributed by atoms with E-state index in [1.165, 1.54) is 12.7 Å². The average Bonchev–Trinajstić information content (AvgIpc) is 3.80. The summed E-state index contributed by atoms with van der Waals surface area (Å²) in [7, 11) is 1.29. The summed E-state index contributed by atoms with van der Waals surface area (Å²) in [4.78, 5) is 50.6. The molecule has 1 fully saturated rings. The van der Waals surface area contributed by atoms with E-state index in [0.717, 1.165) is 51.5 Å².